The summed E-state index contributed by atoms with van der Waals surface area (Å²) >= 11 is 1.91. The standard InChI is InChI=1S/C70H58BN3OS/c1-68(2,3)42-26-30-45(31-27-42)72(46-32-28-43(29-33-46)69(4,5)6)47-34-36-55-54(39-47)71-65-58(73(55)57-22-16-21-50-49-19-12-14-23-59(49)75-67(50)57)40-61-63(51-20-13-15-24-60(51)76-61)64(65)53-38-44(70(7,8)9)37-52-62-48-18-11-10-17-41(48)25-35-56(62)74(71)66(52)53/h10-40H,1-9H3. The summed E-state index contributed by atoms with van der Waals surface area (Å²) in [5, 5.41) is 10.0. The molecule has 6 heteroatoms. The summed E-state index contributed by atoms with van der Waals surface area (Å²) in [5.74, 6) is 0. The van der Waals surface area contributed by atoms with Crippen LogP contribution in [0.2, 0.25) is 0 Å². The number of anilines is 6. The second-order valence-electron chi connectivity index (χ2n) is 24.5. The van der Waals surface area contributed by atoms with Gasteiger partial charge in [0.15, 0.2) is 5.58 Å². The van der Waals surface area contributed by atoms with E-state index < -0.39 is 0 Å². The number of para-hydroxylation sites is 2. The highest BCUT2D eigenvalue weighted by Gasteiger charge is 2.45. The van der Waals surface area contributed by atoms with Crippen LogP contribution in [0, 0.1) is 0 Å². The second kappa shape index (κ2) is 15.8. The van der Waals surface area contributed by atoms with Crippen molar-refractivity contribution in [3.05, 3.63) is 205 Å². The number of hydrogen-bond acceptors (Lipinski definition) is 4. The van der Waals surface area contributed by atoms with E-state index in [9.17, 15) is 0 Å². The molecule has 0 aliphatic carbocycles. The summed E-state index contributed by atoms with van der Waals surface area (Å²) in [6.07, 6.45) is 0. The molecule has 0 unspecified atom stereocenters. The first-order valence-electron chi connectivity index (χ1n) is 26.9. The highest BCUT2D eigenvalue weighted by atomic mass is 32.1. The number of nitrogens with zero attached hydrogens (tertiary/aromatic N) is 3. The van der Waals surface area contributed by atoms with Gasteiger partial charge in [0, 0.05) is 86.8 Å². The molecule has 0 atom stereocenters. The molecule has 0 amide bonds. The first kappa shape index (κ1) is 45.3. The summed E-state index contributed by atoms with van der Waals surface area (Å²) in [5.41, 5.74) is 20.0. The van der Waals surface area contributed by atoms with Crippen molar-refractivity contribution in [3.63, 3.8) is 0 Å². The zero-order chi connectivity index (χ0) is 51.7. The molecule has 0 saturated carbocycles. The van der Waals surface area contributed by atoms with Gasteiger partial charge in [-0.15, -0.1) is 11.3 Å². The Balaban J connectivity index is 1.11. The Morgan fingerprint density at radius 1 is 0.461 bits per heavy atom. The number of furan rings is 1. The van der Waals surface area contributed by atoms with Gasteiger partial charge in [0.1, 0.15) is 5.58 Å². The monoisotopic (exact) mass is 999 g/mol. The van der Waals surface area contributed by atoms with Crippen LogP contribution >= 0.6 is 11.3 Å². The topological polar surface area (TPSA) is 24.6 Å². The van der Waals surface area contributed by atoms with Crippen molar-refractivity contribution in [2.24, 2.45) is 0 Å². The Bertz CT molecular complexity index is 4530. The fourth-order valence-corrected chi connectivity index (χ4v) is 14.1. The third-order valence-corrected chi connectivity index (χ3v) is 17.9. The van der Waals surface area contributed by atoms with E-state index >= 15 is 0 Å². The molecule has 2 aliphatic rings. The minimum atomic E-state index is -0.198. The van der Waals surface area contributed by atoms with Gasteiger partial charge in [0.05, 0.1) is 5.69 Å². The maximum absolute atomic E-state index is 7.03. The molecule has 0 fully saturated rings. The van der Waals surface area contributed by atoms with Crippen LogP contribution in [-0.2, 0) is 16.2 Å². The summed E-state index contributed by atoms with van der Waals surface area (Å²) < 4.78 is 12.4. The highest BCUT2D eigenvalue weighted by molar-refractivity contribution is 7.26. The van der Waals surface area contributed by atoms with Crippen molar-refractivity contribution in [2.75, 3.05) is 9.80 Å². The lowest BCUT2D eigenvalue weighted by Gasteiger charge is -2.41. The van der Waals surface area contributed by atoms with Gasteiger partial charge in [-0.1, -0.05) is 165 Å². The van der Waals surface area contributed by atoms with E-state index in [1.807, 2.05) is 11.3 Å². The average molecular weight is 1000 g/mol. The van der Waals surface area contributed by atoms with E-state index in [-0.39, 0.29) is 23.1 Å². The summed E-state index contributed by atoms with van der Waals surface area (Å²) in [4.78, 5) is 5.03. The van der Waals surface area contributed by atoms with Gasteiger partial charge in [0.2, 0.25) is 0 Å². The van der Waals surface area contributed by atoms with Gasteiger partial charge in [0.25, 0.3) is 0 Å². The van der Waals surface area contributed by atoms with Crippen molar-refractivity contribution < 1.29 is 4.42 Å². The zero-order valence-corrected chi connectivity index (χ0v) is 45.4. The molecule has 2 aliphatic heterocycles. The zero-order valence-electron chi connectivity index (χ0n) is 44.6. The lowest BCUT2D eigenvalue weighted by Crippen LogP contribution is -2.56. The Morgan fingerprint density at radius 3 is 1.80 bits per heavy atom. The molecular weight excluding hydrogens is 942 g/mol. The predicted octanol–water partition coefficient (Wildman–Crippen LogP) is 19.0. The van der Waals surface area contributed by atoms with Crippen LogP contribution in [0.1, 0.15) is 79.0 Å². The van der Waals surface area contributed by atoms with E-state index in [1.54, 1.807) is 0 Å². The smallest absolute Gasteiger partial charge is 0.333 e. The van der Waals surface area contributed by atoms with E-state index in [0.717, 1.165) is 50.4 Å². The molecule has 0 bridgehead atoms. The molecule has 3 aromatic heterocycles. The molecule has 5 heterocycles. The Kier molecular flexibility index (Phi) is 9.40. The van der Waals surface area contributed by atoms with Gasteiger partial charge >= 0.3 is 6.85 Å². The molecule has 76 heavy (non-hydrogen) atoms. The Hall–Kier alpha value is -8.06. The summed E-state index contributed by atoms with van der Waals surface area (Å²) in [7, 11) is 0. The number of fused-ring (bicyclic) bond motifs is 16. The molecule has 10 aromatic carbocycles. The van der Waals surface area contributed by atoms with Gasteiger partial charge < -0.3 is 18.7 Å². The fraction of sp³-hybridized carbons (Fsp3) is 0.171. The number of thiophene rings is 1. The van der Waals surface area contributed by atoms with Crippen LogP contribution in [0.3, 0.4) is 0 Å². The third-order valence-electron chi connectivity index (χ3n) is 16.8. The molecule has 0 spiro atoms. The molecule has 15 rings (SSSR count). The van der Waals surface area contributed by atoms with Crippen molar-refractivity contribution in [1.82, 2.24) is 4.48 Å². The summed E-state index contributed by atoms with van der Waals surface area (Å²) in [6, 6.07) is 71.4. The van der Waals surface area contributed by atoms with Crippen LogP contribution in [0.4, 0.5) is 34.1 Å². The van der Waals surface area contributed by atoms with E-state index in [0.29, 0.717) is 0 Å². The largest absolute Gasteiger partial charge is 0.454 e. The SMILES string of the molecule is CC(C)(C)c1ccc(N(c2ccc(C(C)(C)C)cc2)c2ccc3c(c2)B2c4c(cc5sc6ccccc6c5c4-c4cc(C(C)(C)C)cc5c6c7ccccc7ccc6n2c45)N3c2cccc3c2oc2ccccc23)cc1. The summed E-state index contributed by atoms with van der Waals surface area (Å²) in [6.45, 7) is 20.7. The maximum Gasteiger partial charge on any atom is 0.333 e. The van der Waals surface area contributed by atoms with Gasteiger partial charge in [-0.25, -0.2) is 0 Å². The van der Waals surface area contributed by atoms with Gasteiger partial charge in [-0.3, -0.25) is 0 Å². The van der Waals surface area contributed by atoms with Crippen LogP contribution in [0.5, 0.6) is 0 Å². The minimum Gasteiger partial charge on any atom is -0.454 e. The van der Waals surface area contributed by atoms with Crippen LogP contribution in [-0.4, -0.2) is 11.3 Å². The molecule has 4 nitrogen and oxygen atoms in total. The molecule has 0 saturated heterocycles. The van der Waals surface area contributed by atoms with Crippen LogP contribution in [0.25, 0.3) is 85.8 Å². The van der Waals surface area contributed by atoms with E-state index in [1.165, 1.54) is 97.2 Å². The normalized spacial score (nSPS) is 13.5. The molecular formula is C70H58BN3OS. The van der Waals surface area contributed by atoms with Gasteiger partial charge in [-0.2, -0.15) is 0 Å². The first-order valence-corrected chi connectivity index (χ1v) is 27.8. The first-order chi connectivity index (χ1) is 36.6. The average Bonchev–Trinajstić information content (AvgIpc) is 4.27. The Morgan fingerprint density at radius 2 is 1.09 bits per heavy atom. The van der Waals surface area contributed by atoms with Crippen LogP contribution in [0.15, 0.2) is 192 Å². The third kappa shape index (κ3) is 6.49. The number of aromatic nitrogens is 1. The number of hydrogen-bond donors (Lipinski definition) is 0. The van der Waals surface area contributed by atoms with Crippen molar-refractivity contribution in [2.45, 2.75) is 78.6 Å². The predicted molar refractivity (Wildman–Crippen MR) is 328 cm³/mol. The quantitative estimate of drug-likeness (QED) is 0.164. The van der Waals surface area contributed by atoms with Crippen LogP contribution < -0.4 is 20.7 Å². The maximum atomic E-state index is 7.03. The Labute approximate surface area is 448 Å². The number of benzene rings is 10. The van der Waals surface area contributed by atoms with Crippen molar-refractivity contribution >= 4 is 138 Å². The fourth-order valence-electron chi connectivity index (χ4n) is 13.0. The highest BCUT2D eigenvalue weighted by Crippen LogP contribution is 2.54. The molecule has 0 radical (unpaired) electrons. The molecule has 0 N–H and O–H groups in total. The van der Waals surface area contributed by atoms with E-state index in [2.05, 4.69) is 265 Å². The lowest BCUT2D eigenvalue weighted by atomic mass is 9.44. The minimum absolute atomic E-state index is 0.0150. The molecule has 13 aromatic rings. The van der Waals surface area contributed by atoms with Crippen molar-refractivity contribution in [1.29, 1.82) is 0 Å². The number of rotatable bonds is 4. The van der Waals surface area contributed by atoms with Gasteiger partial charge in [-0.05, 0) is 145 Å². The van der Waals surface area contributed by atoms with E-state index in [4.69, 9.17) is 4.42 Å². The second-order valence-corrected chi connectivity index (χ2v) is 25.6. The van der Waals surface area contributed by atoms with Crippen molar-refractivity contribution in [3.8, 4) is 11.1 Å². The molecule has 368 valence electrons. The lowest BCUT2D eigenvalue weighted by molar-refractivity contribution is 0.590.